The van der Waals surface area contributed by atoms with Crippen LogP contribution >= 0.6 is 11.6 Å². The molecule has 0 atom stereocenters. The Bertz CT molecular complexity index is 660. The molecule has 1 aromatic heterocycles. The number of halogens is 2. The lowest BCUT2D eigenvalue weighted by Crippen LogP contribution is -2.12. The summed E-state index contributed by atoms with van der Waals surface area (Å²) < 4.78 is 20.1. The molecule has 0 amide bonds. The second kappa shape index (κ2) is 6.64. The molecule has 112 valence electrons. The highest BCUT2D eigenvalue weighted by Gasteiger charge is 2.19. The standard InChI is InChI=1S/C13H13ClFN3O3/c1-21-5-4-11-12(13(19)20)16-17-18(11)7-8-2-3-9(14)6-10(8)15/h2-3,6H,4-5,7H2,1H3,(H,19,20). The fraction of sp³-hybridized carbons (Fsp3) is 0.308. The number of aromatic nitrogens is 3. The monoisotopic (exact) mass is 313 g/mol. The Morgan fingerprint density at radius 3 is 2.90 bits per heavy atom. The van der Waals surface area contributed by atoms with Gasteiger partial charge in [0.15, 0.2) is 5.69 Å². The summed E-state index contributed by atoms with van der Waals surface area (Å²) in [6.45, 7) is 0.388. The van der Waals surface area contributed by atoms with Gasteiger partial charge in [0.25, 0.3) is 0 Å². The van der Waals surface area contributed by atoms with Crippen LogP contribution in [0.4, 0.5) is 4.39 Å². The first kappa shape index (κ1) is 15.4. The summed E-state index contributed by atoms with van der Waals surface area (Å²) in [7, 11) is 1.51. The van der Waals surface area contributed by atoms with E-state index >= 15 is 0 Å². The number of benzene rings is 1. The van der Waals surface area contributed by atoms with Crippen LogP contribution in [0.15, 0.2) is 18.2 Å². The van der Waals surface area contributed by atoms with Gasteiger partial charge in [-0.25, -0.2) is 13.9 Å². The molecule has 0 aliphatic heterocycles. The lowest BCUT2D eigenvalue weighted by Gasteiger charge is -2.08. The molecule has 1 N–H and O–H groups in total. The van der Waals surface area contributed by atoms with E-state index in [-0.39, 0.29) is 12.2 Å². The first-order chi connectivity index (χ1) is 10.0. The summed E-state index contributed by atoms with van der Waals surface area (Å²) in [5, 5.41) is 16.8. The van der Waals surface area contributed by atoms with Crippen LogP contribution in [0.1, 0.15) is 21.7 Å². The predicted octanol–water partition coefficient (Wildman–Crippen LogP) is 2.01. The molecule has 0 saturated carbocycles. The highest BCUT2D eigenvalue weighted by atomic mass is 35.5. The van der Waals surface area contributed by atoms with Crippen molar-refractivity contribution in [2.45, 2.75) is 13.0 Å². The van der Waals surface area contributed by atoms with E-state index in [4.69, 9.17) is 21.4 Å². The second-order valence-corrected chi connectivity index (χ2v) is 4.76. The number of carboxylic acids is 1. The molecule has 0 bridgehead atoms. The van der Waals surface area contributed by atoms with Crippen molar-refractivity contribution >= 4 is 17.6 Å². The van der Waals surface area contributed by atoms with E-state index in [1.807, 2.05) is 0 Å². The van der Waals surface area contributed by atoms with Crippen molar-refractivity contribution in [3.8, 4) is 0 Å². The minimum atomic E-state index is -1.18. The van der Waals surface area contributed by atoms with Gasteiger partial charge in [-0.05, 0) is 12.1 Å². The van der Waals surface area contributed by atoms with Crippen LogP contribution in [0.3, 0.4) is 0 Å². The van der Waals surface area contributed by atoms with E-state index in [0.717, 1.165) is 0 Å². The Morgan fingerprint density at radius 1 is 1.52 bits per heavy atom. The molecule has 0 spiro atoms. The zero-order valence-corrected chi connectivity index (χ0v) is 12.0. The number of hydrogen-bond donors (Lipinski definition) is 1. The number of ether oxygens (including phenoxy) is 1. The maximum atomic E-state index is 13.8. The van der Waals surface area contributed by atoms with E-state index < -0.39 is 11.8 Å². The summed E-state index contributed by atoms with van der Waals surface area (Å²) in [6.07, 6.45) is 0.320. The van der Waals surface area contributed by atoms with Gasteiger partial charge in [0, 0.05) is 24.1 Å². The van der Waals surface area contributed by atoms with Crippen molar-refractivity contribution in [3.63, 3.8) is 0 Å². The SMILES string of the molecule is COCCc1c(C(=O)O)nnn1Cc1ccc(Cl)cc1F. The van der Waals surface area contributed by atoms with Gasteiger partial charge < -0.3 is 9.84 Å². The van der Waals surface area contributed by atoms with E-state index in [9.17, 15) is 9.18 Å². The summed E-state index contributed by atoms with van der Waals surface area (Å²) in [4.78, 5) is 11.1. The summed E-state index contributed by atoms with van der Waals surface area (Å²) in [5.74, 6) is -1.66. The van der Waals surface area contributed by atoms with E-state index in [2.05, 4.69) is 10.3 Å². The molecule has 0 unspecified atom stereocenters. The van der Waals surface area contributed by atoms with Crippen molar-refractivity contribution in [3.05, 3.63) is 46.0 Å². The maximum absolute atomic E-state index is 13.8. The average molecular weight is 314 g/mol. The molecular formula is C13H13ClFN3O3. The third-order valence-electron chi connectivity index (χ3n) is 2.92. The van der Waals surface area contributed by atoms with Crippen LogP contribution in [0.2, 0.25) is 5.02 Å². The number of carboxylic acid groups (broad SMARTS) is 1. The Morgan fingerprint density at radius 2 is 2.29 bits per heavy atom. The Labute approximate surface area is 125 Å². The fourth-order valence-electron chi connectivity index (χ4n) is 1.88. The summed E-state index contributed by atoms with van der Waals surface area (Å²) in [6, 6.07) is 4.28. The molecule has 1 heterocycles. The first-order valence-corrected chi connectivity index (χ1v) is 6.49. The predicted molar refractivity (Wildman–Crippen MR) is 73.1 cm³/mol. The molecule has 21 heavy (non-hydrogen) atoms. The molecule has 2 aromatic rings. The summed E-state index contributed by atoms with van der Waals surface area (Å²) in [5.41, 5.74) is 0.583. The zero-order valence-electron chi connectivity index (χ0n) is 11.2. The van der Waals surface area contributed by atoms with Crippen molar-refractivity contribution < 1.29 is 19.0 Å². The normalized spacial score (nSPS) is 10.8. The molecule has 0 aliphatic carbocycles. The van der Waals surface area contributed by atoms with Gasteiger partial charge in [0.1, 0.15) is 5.82 Å². The van der Waals surface area contributed by atoms with Gasteiger partial charge in [0.05, 0.1) is 18.8 Å². The maximum Gasteiger partial charge on any atom is 0.358 e. The number of methoxy groups -OCH3 is 1. The van der Waals surface area contributed by atoms with Crippen LogP contribution in [-0.2, 0) is 17.7 Å². The van der Waals surface area contributed by atoms with Gasteiger partial charge in [-0.1, -0.05) is 22.9 Å². The molecule has 1 aromatic carbocycles. The fourth-order valence-corrected chi connectivity index (χ4v) is 2.04. The number of aromatic carboxylic acids is 1. The van der Waals surface area contributed by atoms with Crippen molar-refractivity contribution in [2.24, 2.45) is 0 Å². The Hall–Kier alpha value is -1.99. The van der Waals surface area contributed by atoms with Gasteiger partial charge in [-0.2, -0.15) is 0 Å². The molecule has 0 radical (unpaired) electrons. The topological polar surface area (TPSA) is 77.2 Å². The van der Waals surface area contributed by atoms with Crippen LogP contribution in [0, 0.1) is 5.82 Å². The number of nitrogens with zero attached hydrogens (tertiary/aromatic N) is 3. The van der Waals surface area contributed by atoms with Gasteiger partial charge in [-0.3, -0.25) is 0 Å². The van der Waals surface area contributed by atoms with Gasteiger partial charge in [0.2, 0.25) is 0 Å². The number of hydrogen-bond acceptors (Lipinski definition) is 4. The minimum Gasteiger partial charge on any atom is -0.476 e. The van der Waals surface area contributed by atoms with Crippen LogP contribution in [0.5, 0.6) is 0 Å². The first-order valence-electron chi connectivity index (χ1n) is 6.11. The Balaban J connectivity index is 2.32. The molecule has 0 saturated heterocycles. The Kier molecular flexibility index (Phi) is 4.87. The van der Waals surface area contributed by atoms with Gasteiger partial charge in [-0.15, -0.1) is 5.10 Å². The third kappa shape index (κ3) is 3.56. The minimum absolute atomic E-state index is 0.0718. The smallest absolute Gasteiger partial charge is 0.358 e. The molecule has 6 nitrogen and oxygen atoms in total. The van der Waals surface area contributed by atoms with Crippen molar-refractivity contribution in [1.82, 2.24) is 15.0 Å². The zero-order chi connectivity index (χ0) is 15.4. The van der Waals surface area contributed by atoms with Crippen LogP contribution in [-0.4, -0.2) is 39.8 Å². The number of rotatable bonds is 6. The van der Waals surface area contributed by atoms with Crippen LogP contribution < -0.4 is 0 Å². The highest BCUT2D eigenvalue weighted by Crippen LogP contribution is 2.17. The molecular weight excluding hydrogens is 301 g/mol. The van der Waals surface area contributed by atoms with Gasteiger partial charge >= 0.3 is 5.97 Å². The molecule has 2 rings (SSSR count). The van der Waals surface area contributed by atoms with E-state index in [1.165, 1.54) is 23.9 Å². The average Bonchev–Trinajstić information content (AvgIpc) is 2.82. The lowest BCUT2D eigenvalue weighted by molar-refractivity contribution is 0.0688. The lowest BCUT2D eigenvalue weighted by atomic mass is 10.2. The van der Waals surface area contributed by atoms with E-state index in [1.54, 1.807) is 6.07 Å². The third-order valence-corrected chi connectivity index (χ3v) is 3.15. The molecule has 8 heteroatoms. The van der Waals surface area contributed by atoms with Crippen molar-refractivity contribution in [1.29, 1.82) is 0 Å². The second-order valence-electron chi connectivity index (χ2n) is 4.33. The summed E-state index contributed by atoms with van der Waals surface area (Å²) >= 11 is 5.70. The largest absolute Gasteiger partial charge is 0.476 e. The van der Waals surface area contributed by atoms with E-state index in [0.29, 0.717) is 29.3 Å². The molecule has 0 aliphatic rings. The van der Waals surface area contributed by atoms with Crippen molar-refractivity contribution in [2.75, 3.05) is 13.7 Å². The number of carbonyl (C=O) groups is 1. The highest BCUT2D eigenvalue weighted by molar-refractivity contribution is 6.30. The quantitative estimate of drug-likeness (QED) is 0.882. The van der Waals surface area contributed by atoms with Crippen LogP contribution in [0.25, 0.3) is 0 Å². The molecule has 0 fully saturated rings.